The highest BCUT2D eigenvalue weighted by Gasteiger charge is 2.21. The van der Waals surface area contributed by atoms with Gasteiger partial charge in [0.2, 0.25) is 11.8 Å². The van der Waals surface area contributed by atoms with E-state index >= 15 is 0 Å². The molecule has 12 heavy (non-hydrogen) atoms. The predicted molar refractivity (Wildman–Crippen MR) is 46.3 cm³/mol. The molecule has 0 aromatic carbocycles. The molecule has 0 aromatic heterocycles. The number of primary amides is 1. The van der Waals surface area contributed by atoms with Crippen LogP contribution in [0.5, 0.6) is 0 Å². The summed E-state index contributed by atoms with van der Waals surface area (Å²) in [7, 11) is 0. The molecule has 0 bridgehead atoms. The van der Waals surface area contributed by atoms with Crippen LogP contribution in [0.3, 0.4) is 0 Å². The molecule has 1 unspecified atom stereocenters. The SMILES string of the molecule is CCCC(C(N)=O)C(=O)NCC. The van der Waals surface area contributed by atoms with E-state index in [0.29, 0.717) is 13.0 Å². The van der Waals surface area contributed by atoms with E-state index in [1.54, 1.807) is 0 Å². The molecule has 1 atom stereocenters. The average molecular weight is 172 g/mol. The predicted octanol–water partition coefficient (Wildman–Crippen LogP) is 0.0241. The van der Waals surface area contributed by atoms with Gasteiger partial charge in [-0.2, -0.15) is 0 Å². The lowest BCUT2D eigenvalue weighted by Gasteiger charge is -2.10. The summed E-state index contributed by atoms with van der Waals surface area (Å²) in [6.45, 7) is 4.25. The summed E-state index contributed by atoms with van der Waals surface area (Å²) < 4.78 is 0. The maximum Gasteiger partial charge on any atom is 0.232 e. The summed E-state index contributed by atoms with van der Waals surface area (Å²) in [5, 5.41) is 2.57. The van der Waals surface area contributed by atoms with Crippen LogP contribution < -0.4 is 11.1 Å². The van der Waals surface area contributed by atoms with Crippen molar-refractivity contribution >= 4 is 11.8 Å². The molecule has 0 radical (unpaired) electrons. The summed E-state index contributed by atoms with van der Waals surface area (Å²) in [6.07, 6.45) is 1.31. The zero-order valence-electron chi connectivity index (χ0n) is 7.59. The van der Waals surface area contributed by atoms with E-state index in [2.05, 4.69) is 5.32 Å². The van der Waals surface area contributed by atoms with Crippen LogP contribution in [0.2, 0.25) is 0 Å². The van der Waals surface area contributed by atoms with Crippen LogP contribution in [0.25, 0.3) is 0 Å². The van der Waals surface area contributed by atoms with Gasteiger partial charge < -0.3 is 11.1 Å². The summed E-state index contributed by atoms with van der Waals surface area (Å²) in [5.74, 6) is -1.45. The minimum absolute atomic E-state index is 0.258. The molecule has 0 rings (SSSR count). The second kappa shape index (κ2) is 5.57. The highest BCUT2D eigenvalue weighted by molar-refractivity contribution is 5.99. The van der Waals surface area contributed by atoms with Gasteiger partial charge in [0, 0.05) is 6.54 Å². The average Bonchev–Trinajstić information content (AvgIpc) is 1.99. The lowest BCUT2D eigenvalue weighted by molar-refractivity contribution is -0.133. The van der Waals surface area contributed by atoms with E-state index in [4.69, 9.17) is 5.73 Å². The van der Waals surface area contributed by atoms with E-state index in [1.807, 2.05) is 13.8 Å². The van der Waals surface area contributed by atoms with Gasteiger partial charge in [-0.1, -0.05) is 13.3 Å². The number of nitrogens with one attached hydrogen (secondary N) is 1. The molecule has 0 saturated heterocycles. The lowest BCUT2D eigenvalue weighted by Crippen LogP contribution is -2.38. The van der Waals surface area contributed by atoms with Crippen molar-refractivity contribution in [2.75, 3.05) is 6.54 Å². The Morgan fingerprint density at radius 3 is 2.33 bits per heavy atom. The van der Waals surface area contributed by atoms with Crippen LogP contribution in [-0.4, -0.2) is 18.4 Å². The zero-order chi connectivity index (χ0) is 9.56. The van der Waals surface area contributed by atoms with Gasteiger partial charge in [-0.15, -0.1) is 0 Å². The summed E-state index contributed by atoms with van der Waals surface area (Å²) in [6, 6.07) is 0. The van der Waals surface area contributed by atoms with Crippen LogP contribution in [0, 0.1) is 5.92 Å². The zero-order valence-corrected chi connectivity index (χ0v) is 7.59. The van der Waals surface area contributed by atoms with Gasteiger partial charge in [-0.3, -0.25) is 9.59 Å². The first-order valence-electron chi connectivity index (χ1n) is 4.20. The second-order valence-corrected chi connectivity index (χ2v) is 2.64. The Bertz CT molecular complexity index is 168. The molecule has 2 amide bonds. The second-order valence-electron chi connectivity index (χ2n) is 2.64. The van der Waals surface area contributed by atoms with Gasteiger partial charge in [0.1, 0.15) is 5.92 Å². The van der Waals surface area contributed by atoms with Crippen LogP contribution in [-0.2, 0) is 9.59 Å². The monoisotopic (exact) mass is 172 g/mol. The van der Waals surface area contributed by atoms with Crippen molar-refractivity contribution in [3.05, 3.63) is 0 Å². The molecule has 0 heterocycles. The molecule has 0 spiro atoms. The Balaban J connectivity index is 4.09. The van der Waals surface area contributed by atoms with Gasteiger partial charge >= 0.3 is 0 Å². The Morgan fingerprint density at radius 2 is 2.00 bits per heavy atom. The molecular formula is C8H16N2O2. The first-order valence-corrected chi connectivity index (χ1v) is 4.20. The molecule has 3 N–H and O–H groups in total. The third kappa shape index (κ3) is 3.37. The van der Waals surface area contributed by atoms with Gasteiger partial charge in [-0.05, 0) is 13.3 Å². The van der Waals surface area contributed by atoms with Crippen molar-refractivity contribution in [2.45, 2.75) is 26.7 Å². The minimum atomic E-state index is -0.657. The van der Waals surface area contributed by atoms with Crippen LogP contribution in [0.1, 0.15) is 26.7 Å². The van der Waals surface area contributed by atoms with E-state index < -0.39 is 11.8 Å². The molecule has 0 aromatic rings. The van der Waals surface area contributed by atoms with E-state index in [1.165, 1.54) is 0 Å². The molecule has 0 aliphatic carbocycles. The Kier molecular flexibility index (Phi) is 5.08. The van der Waals surface area contributed by atoms with Gasteiger partial charge in [0.15, 0.2) is 0 Å². The number of nitrogens with two attached hydrogens (primary N) is 1. The molecule has 70 valence electrons. The number of carbonyl (C=O) groups excluding carboxylic acids is 2. The molecule has 0 aliphatic heterocycles. The summed E-state index contributed by atoms with van der Waals surface area (Å²) >= 11 is 0. The van der Waals surface area contributed by atoms with Gasteiger partial charge in [0.05, 0.1) is 0 Å². The van der Waals surface area contributed by atoms with Crippen molar-refractivity contribution in [2.24, 2.45) is 11.7 Å². The lowest BCUT2D eigenvalue weighted by atomic mass is 10.0. The highest BCUT2D eigenvalue weighted by atomic mass is 16.2. The Morgan fingerprint density at radius 1 is 1.42 bits per heavy atom. The fourth-order valence-corrected chi connectivity index (χ4v) is 0.989. The van der Waals surface area contributed by atoms with Crippen LogP contribution >= 0.6 is 0 Å². The molecule has 4 heteroatoms. The smallest absolute Gasteiger partial charge is 0.232 e. The highest BCUT2D eigenvalue weighted by Crippen LogP contribution is 2.04. The molecule has 0 saturated carbocycles. The normalized spacial score (nSPS) is 12.2. The largest absolute Gasteiger partial charge is 0.369 e. The third-order valence-electron chi connectivity index (χ3n) is 1.59. The third-order valence-corrected chi connectivity index (χ3v) is 1.59. The molecular weight excluding hydrogens is 156 g/mol. The molecule has 0 aliphatic rings. The van der Waals surface area contributed by atoms with E-state index in [-0.39, 0.29) is 5.91 Å². The van der Waals surface area contributed by atoms with Crippen molar-refractivity contribution in [3.63, 3.8) is 0 Å². The standard InChI is InChI=1S/C8H16N2O2/c1-3-5-6(7(9)11)8(12)10-4-2/h6H,3-5H2,1-2H3,(H2,9,11)(H,10,12). The number of hydrogen-bond acceptors (Lipinski definition) is 2. The summed E-state index contributed by atoms with van der Waals surface area (Å²) in [5.41, 5.74) is 5.05. The van der Waals surface area contributed by atoms with Gasteiger partial charge in [-0.25, -0.2) is 0 Å². The fourth-order valence-electron chi connectivity index (χ4n) is 0.989. The molecule has 0 fully saturated rings. The Hall–Kier alpha value is -1.06. The van der Waals surface area contributed by atoms with Crippen LogP contribution in [0.4, 0.5) is 0 Å². The first kappa shape index (κ1) is 10.9. The summed E-state index contributed by atoms with van der Waals surface area (Å²) in [4.78, 5) is 21.9. The van der Waals surface area contributed by atoms with Crippen LogP contribution in [0.15, 0.2) is 0 Å². The van der Waals surface area contributed by atoms with Crippen molar-refractivity contribution in [3.8, 4) is 0 Å². The number of carbonyl (C=O) groups is 2. The van der Waals surface area contributed by atoms with E-state index in [9.17, 15) is 9.59 Å². The maximum absolute atomic E-state index is 11.2. The van der Waals surface area contributed by atoms with Crippen molar-refractivity contribution < 1.29 is 9.59 Å². The van der Waals surface area contributed by atoms with E-state index in [0.717, 1.165) is 6.42 Å². The molecule has 4 nitrogen and oxygen atoms in total. The maximum atomic E-state index is 11.2. The van der Waals surface area contributed by atoms with Gasteiger partial charge in [0.25, 0.3) is 0 Å². The quantitative estimate of drug-likeness (QED) is 0.574. The number of rotatable bonds is 5. The van der Waals surface area contributed by atoms with Crippen molar-refractivity contribution in [1.29, 1.82) is 0 Å². The number of amides is 2. The fraction of sp³-hybridized carbons (Fsp3) is 0.750. The first-order chi connectivity index (χ1) is 5.63. The number of hydrogen-bond donors (Lipinski definition) is 2. The minimum Gasteiger partial charge on any atom is -0.369 e. The van der Waals surface area contributed by atoms with Crippen molar-refractivity contribution in [1.82, 2.24) is 5.32 Å². The Labute approximate surface area is 72.5 Å². The topological polar surface area (TPSA) is 72.2 Å².